The topological polar surface area (TPSA) is 35.5 Å². The van der Waals surface area contributed by atoms with Crippen LogP contribution in [-0.4, -0.2) is 13.2 Å². The predicted octanol–water partition coefficient (Wildman–Crippen LogP) is 8.92. The van der Waals surface area contributed by atoms with Crippen LogP contribution in [0, 0.1) is 11.3 Å². The van der Waals surface area contributed by atoms with Gasteiger partial charge >= 0.3 is 7.60 Å². The van der Waals surface area contributed by atoms with Gasteiger partial charge in [0.05, 0.1) is 18.5 Å². The molecule has 0 spiro atoms. The molecule has 0 aliphatic carbocycles. The SMILES string of the molecule is CCCCCCCCCCCCCOP(=O)(OCC(C)CC(C)(C)C)c1ccccc1. The highest BCUT2D eigenvalue weighted by molar-refractivity contribution is 7.62. The number of unbranched alkanes of at least 4 members (excludes halogenated alkanes) is 10. The first-order chi connectivity index (χ1) is 14.8. The lowest BCUT2D eigenvalue weighted by Gasteiger charge is -2.25. The van der Waals surface area contributed by atoms with E-state index in [1.54, 1.807) is 0 Å². The minimum Gasteiger partial charge on any atom is -0.305 e. The molecule has 0 bridgehead atoms. The summed E-state index contributed by atoms with van der Waals surface area (Å²) in [6.07, 6.45) is 15.2. The summed E-state index contributed by atoms with van der Waals surface area (Å²) >= 11 is 0. The maximum atomic E-state index is 13.5. The van der Waals surface area contributed by atoms with Gasteiger partial charge in [-0.15, -0.1) is 0 Å². The van der Waals surface area contributed by atoms with Crippen LogP contribution in [0.25, 0.3) is 0 Å². The highest BCUT2D eigenvalue weighted by Gasteiger charge is 2.28. The van der Waals surface area contributed by atoms with E-state index in [2.05, 4.69) is 34.6 Å². The van der Waals surface area contributed by atoms with E-state index < -0.39 is 7.60 Å². The lowest BCUT2D eigenvalue weighted by molar-refractivity contribution is 0.167. The van der Waals surface area contributed by atoms with Crippen LogP contribution in [-0.2, 0) is 13.6 Å². The quantitative estimate of drug-likeness (QED) is 0.165. The van der Waals surface area contributed by atoms with Crippen LogP contribution >= 0.6 is 7.60 Å². The maximum Gasteiger partial charge on any atom is 0.361 e. The summed E-state index contributed by atoms with van der Waals surface area (Å²) < 4.78 is 25.4. The van der Waals surface area contributed by atoms with Gasteiger partial charge < -0.3 is 9.05 Å². The van der Waals surface area contributed by atoms with Crippen molar-refractivity contribution < 1.29 is 13.6 Å². The van der Waals surface area contributed by atoms with E-state index in [1.165, 1.54) is 57.8 Å². The van der Waals surface area contributed by atoms with Crippen LogP contribution in [0.3, 0.4) is 0 Å². The van der Waals surface area contributed by atoms with E-state index in [9.17, 15) is 4.57 Å². The van der Waals surface area contributed by atoms with Crippen LogP contribution < -0.4 is 5.30 Å². The molecule has 180 valence electrons. The molecule has 2 atom stereocenters. The van der Waals surface area contributed by atoms with Crippen LogP contribution in [0.5, 0.6) is 0 Å². The van der Waals surface area contributed by atoms with Gasteiger partial charge in [0.1, 0.15) is 0 Å². The van der Waals surface area contributed by atoms with E-state index in [-0.39, 0.29) is 5.41 Å². The van der Waals surface area contributed by atoms with Crippen molar-refractivity contribution in [1.82, 2.24) is 0 Å². The Kier molecular flexibility index (Phi) is 14.7. The molecule has 0 heterocycles. The molecule has 0 radical (unpaired) electrons. The Morgan fingerprint density at radius 1 is 0.806 bits per heavy atom. The molecule has 0 aromatic heterocycles. The second-order valence-electron chi connectivity index (χ2n) is 10.4. The lowest BCUT2D eigenvalue weighted by Crippen LogP contribution is -2.18. The van der Waals surface area contributed by atoms with Gasteiger partial charge in [0, 0.05) is 0 Å². The van der Waals surface area contributed by atoms with Crippen molar-refractivity contribution in [2.45, 2.75) is 112 Å². The first kappa shape index (κ1) is 28.4. The van der Waals surface area contributed by atoms with Crippen LogP contribution in [0.4, 0.5) is 0 Å². The van der Waals surface area contributed by atoms with Gasteiger partial charge in [-0.1, -0.05) is 117 Å². The molecule has 4 heteroatoms. The number of hydrogen-bond donors (Lipinski definition) is 0. The van der Waals surface area contributed by atoms with Crippen molar-refractivity contribution in [3.8, 4) is 0 Å². The van der Waals surface area contributed by atoms with Crippen LogP contribution in [0.2, 0.25) is 0 Å². The Labute approximate surface area is 193 Å². The van der Waals surface area contributed by atoms with E-state index in [4.69, 9.17) is 9.05 Å². The van der Waals surface area contributed by atoms with Gasteiger partial charge in [-0.05, 0) is 36.3 Å². The normalized spacial score (nSPS) is 15.0. The zero-order chi connectivity index (χ0) is 23.0. The monoisotopic (exact) mass is 452 g/mol. The molecule has 0 fully saturated rings. The molecule has 3 nitrogen and oxygen atoms in total. The van der Waals surface area contributed by atoms with E-state index in [0.717, 1.165) is 19.3 Å². The molecule has 1 aromatic carbocycles. The average molecular weight is 453 g/mol. The summed E-state index contributed by atoms with van der Waals surface area (Å²) in [4.78, 5) is 0. The van der Waals surface area contributed by atoms with Crippen molar-refractivity contribution in [3.63, 3.8) is 0 Å². The average Bonchev–Trinajstić information content (AvgIpc) is 2.72. The number of hydrogen-bond acceptors (Lipinski definition) is 3. The van der Waals surface area contributed by atoms with Gasteiger partial charge in [0.25, 0.3) is 0 Å². The summed E-state index contributed by atoms with van der Waals surface area (Å²) in [6, 6.07) is 9.44. The van der Waals surface area contributed by atoms with Crippen molar-refractivity contribution in [2.75, 3.05) is 13.2 Å². The number of rotatable bonds is 18. The Bertz CT molecular complexity index is 594. The molecule has 0 aliphatic rings. The van der Waals surface area contributed by atoms with E-state index in [1.807, 2.05) is 30.3 Å². The van der Waals surface area contributed by atoms with Gasteiger partial charge in [-0.3, -0.25) is 4.57 Å². The highest BCUT2D eigenvalue weighted by atomic mass is 31.2. The Morgan fingerprint density at radius 2 is 1.32 bits per heavy atom. The largest absolute Gasteiger partial charge is 0.361 e. The fraction of sp³-hybridized carbons (Fsp3) is 0.778. The lowest BCUT2D eigenvalue weighted by atomic mass is 9.86. The first-order valence-electron chi connectivity index (χ1n) is 12.7. The molecule has 0 saturated heterocycles. The molecule has 31 heavy (non-hydrogen) atoms. The predicted molar refractivity (Wildman–Crippen MR) is 135 cm³/mol. The fourth-order valence-electron chi connectivity index (χ4n) is 4.08. The van der Waals surface area contributed by atoms with Gasteiger partial charge in [-0.25, -0.2) is 0 Å². The zero-order valence-electron chi connectivity index (χ0n) is 21.0. The van der Waals surface area contributed by atoms with Crippen molar-refractivity contribution in [3.05, 3.63) is 30.3 Å². The molecule has 1 aromatic rings. The summed E-state index contributed by atoms with van der Waals surface area (Å²) in [5.74, 6) is 0.336. The van der Waals surface area contributed by atoms with Crippen molar-refractivity contribution in [1.29, 1.82) is 0 Å². The second-order valence-corrected chi connectivity index (χ2v) is 12.4. The van der Waals surface area contributed by atoms with E-state index in [0.29, 0.717) is 24.4 Å². The molecule has 0 N–H and O–H groups in total. The maximum absolute atomic E-state index is 13.5. The summed E-state index contributed by atoms with van der Waals surface area (Å²) in [7, 11) is -3.27. The minimum absolute atomic E-state index is 0.232. The summed E-state index contributed by atoms with van der Waals surface area (Å²) in [5.41, 5.74) is 0.232. The molecule has 0 aliphatic heterocycles. The third kappa shape index (κ3) is 14.2. The fourth-order valence-corrected chi connectivity index (χ4v) is 5.81. The van der Waals surface area contributed by atoms with Gasteiger partial charge in [0.15, 0.2) is 0 Å². The Balaban J connectivity index is 2.32. The Hall–Kier alpha value is -0.630. The van der Waals surface area contributed by atoms with Crippen molar-refractivity contribution >= 4 is 12.9 Å². The molecular formula is C27H49O3P. The third-order valence-electron chi connectivity index (χ3n) is 5.57. The van der Waals surface area contributed by atoms with Crippen LogP contribution in [0.1, 0.15) is 112 Å². The smallest absolute Gasteiger partial charge is 0.305 e. The summed E-state index contributed by atoms with van der Waals surface area (Å²) in [6.45, 7) is 12.1. The third-order valence-corrected chi connectivity index (χ3v) is 7.51. The number of benzene rings is 1. The summed E-state index contributed by atoms with van der Waals surface area (Å²) in [5, 5.41) is 0.668. The van der Waals surface area contributed by atoms with E-state index >= 15 is 0 Å². The molecule has 2 unspecified atom stereocenters. The van der Waals surface area contributed by atoms with Crippen LogP contribution in [0.15, 0.2) is 30.3 Å². The molecule has 1 rings (SSSR count). The molecular weight excluding hydrogens is 403 g/mol. The van der Waals surface area contributed by atoms with Crippen molar-refractivity contribution in [2.24, 2.45) is 11.3 Å². The second kappa shape index (κ2) is 16.1. The highest BCUT2D eigenvalue weighted by Crippen LogP contribution is 2.48. The van der Waals surface area contributed by atoms with Gasteiger partial charge in [0.2, 0.25) is 0 Å². The van der Waals surface area contributed by atoms with Gasteiger partial charge in [-0.2, -0.15) is 0 Å². The zero-order valence-corrected chi connectivity index (χ0v) is 21.9. The first-order valence-corrected chi connectivity index (χ1v) is 14.3. The minimum atomic E-state index is -3.27. The Morgan fingerprint density at radius 3 is 1.84 bits per heavy atom. The standard InChI is InChI=1S/C27H49O3P/c1-6-7-8-9-10-11-12-13-14-15-19-22-29-31(28,26-20-17-16-18-21-26)30-24-25(2)23-27(3,4)5/h16-18,20-21,25H,6-15,19,22-24H2,1-5H3. The molecule has 0 amide bonds. The molecule has 0 saturated carbocycles.